The summed E-state index contributed by atoms with van der Waals surface area (Å²) in [6, 6.07) is 7.21. The molecule has 22 heavy (non-hydrogen) atoms. The Labute approximate surface area is 137 Å². The molecule has 1 aromatic carbocycles. The molecular formula is C16H22N2O3S. The first-order valence-electron chi connectivity index (χ1n) is 7.50. The third kappa shape index (κ3) is 3.13. The van der Waals surface area contributed by atoms with Gasteiger partial charge in [-0.2, -0.15) is 13.5 Å². The number of carbonyl (C=O) groups is 2. The Morgan fingerprint density at radius 3 is 2.95 bits per heavy atom. The van der Waals surface area contributed by atoms with Crippen LogP contribution >= 0.6 is 13.5 Å². The summed E-state index contributed by atoms with van der Waals surface area (Å²) in [5, 5.41) is 2.95. The minimum atomic E-state index is -0.400. The fourth-order valence-corrected chi connectivity index (χ4v) is 3.14. The van der Waals surface area contributed by atoms with Crippen molar-refractivity contribution in [1.29, 1.82) is 0 Å². The molecule has 2 heterocycles. The maximum atomic E-state index is 12.5. The molecule has 6 heteroatoms. The molecule has 0 aromatic heterocycles. The molecule has 2 amide bonds. The molecule has 2 aliphatic heterocycles. The van der Waals surface area contributed by atoms with Gasteiger partial charge >= 0.3 is 6.03 Å². The molecule has 120 valence electrons. The van der Waals surface area contributed by atoms with E-state index in [0.29, 0.717) is 6.54 Å². The highest BCUT2D eigenvalue weighted by Gasteiger charge is 2.46. The normalized spacial score (nSPS) is 23.1. The Balaban J connectivity index is 0.00000176. The minimum absolute atomic E-state index is 0. The first-order chi connectivity index (χ1) is 10.2. The molecule has 2 fully saturated rings. The van der Waals surface area contributed by atoms with Gasteiger partial charge in [-0.15, -0.1) is 0 Å². The smallest absolute Gasteiger partial charge is 0.322 e. The topological polar surface area (TPSA) is 58.6 Å². The van der Waals surface area contributed by atoms with Crippen LogP contribution in [0, 0.1) is 0 Å². The van der Waals surface area contributed by atoms with E-state index in [1.807, 2.05) is 24.3 Å². The van der Waals surface area contributed by atoms with Gasteiger partial charge in [0.05, 0.1) is 6.10 Å². The van der Waals surface area contributed by atoms with Crippen LogP contribution in [-0.2, 0) is 16.0 Å². The first-order valence-corrected chi connectivity index (χ1v) is 7.50. The van der Waals surface area contributed by atoms with Gasteiger partial charge in [0, 0.05) is 12.2 Å². The average Bonchev–Trinajstić information content (AvgIpc) is 3.05. The highest BCUT2D eigenvalue weighted by atomic mass is 32.1. The van der Waals surface area contributed by atoms with Gasteiger partial charge in [0.1, 0.15) is 12.6 Å². The van der Waals surface area contributed by atoms with Crippen molar-refractivity contribution in [3.05, 3.63) is 29.8 Å². The number of amides is 2. The number of Topliss-reactive ketones (excluding diaryl/α,β-unsaturated/α-hetero) is 1. The number of nitrogens with zero attached hydrogens (tertiary/aromatic N) is 1. The van der Waals surface area contributed by atoms with Crippen LogP contribution in [0.3, 0.4) is 0 Å². The number of benzene rings is 1. The van der Waals surface area contributed by atoms with Gasteiger partial charge in [-0.1, -0.05) is 31.5 Å². The van der Waals surface area contributed by atoms with Crippen molar-refractivity contribution >= 4 is 31.0 Å². The van der Waals surface area contributed by atoms with Crippen LogP contribution in [0.15, 0.2) is 24.3 Å². The molecule has 2 atom stereocenters. The maximum Gasteiger partial charge on any atom is 0.322 e. The third-order valence-corrected chi connectivity index (χ3v) is 4.15. The molecule has 0 bridgehead atoms. The van der Waals surface area contributed by atoms with Gasteiger partial charge in [-0.25, -0.2) is 4.79 Å². The van der Waals surface area contributed by atoms with Crippen LogP contribution in [0.5, 0.6) is 0 Å². The second-order valence-corrected chi connectivity index (χ2v) is 5.58. The van der Waals surface area contributed by atoms with E-state index in [-0.39, 0.29) is 38.0 Å². The highest BCUT2D eigenvalue weighted by molar-refractivity contribution is 7.59. The highest BCUT2D eigenvalue weighted by Crippen LogP contribution is 2.28. The minimum Gasteiger partial charge on any atom is -0.368 e. The van der Waals surface area contributed by atoms with Crippen molar-refractivity contribution in [3.63, 3.8) is 0 Å². The first kappa shape index (κ1) is 16.8. The van der Waals surface area contributed by atoms with Crippen LogP contribution in [0.4, 0.5) is 10.5 Å². The number of fused-ring (bicyclic) bond motifs is 1. The lowest BCUT2D eigenvalue weighted by Crippen LogP contribution is -2.44. The molecule has 0 spiro atoms. The fourth-order valence-electron chi connectivity index (χ4n) is 3.14. The van der Waals surface area contributed by atoms with E-state index in [9.17, 15) is 9.59 Å². The van der Waals surface area contributed by atoms with Crippen molar-refractivity contribution in [3.8, 4) is 0 Å². The monoisotopic (exact) mass is 322 g/mol. The maximum absolute atomic E-state index is 12.5. The van der Waals surface area contributed by atoms with Crippen LogP contribution in [0.25, 0.3) is 0 Å². The van der Waals surface area contributed by atoms with Crippen molar-refractivity contribution in [2.45, 2.75) is 38.3 Å². The summed E-state index contributed by atoms with van der Waals surface area (Å²) >= 11 is 0. The number of hydrogen-bond acceptors (Lipinski definition) is 3. The zero-order valence-electron chi connectivity index (χ0n) is 12.7. The molecule has 5 nitrogen and oxygen atoms in total. The van der Waals surface area contributed by atoms with Gasteiger partial charge in [0.25, 0.3) is 0 Å². The number of anilines is 1. The zero-order chi connectivity index (χ0) is 14.8. The fraction of sp³-hybridized carbons (Fsp3) is 0.500. The molecule has 0 aliphatic carbocycles. The number of rotatable bonds is 3. The van der Waals surface area contributed by atoms with Crippen LogP contribution in [0.2, 0.25) is 0 Å². The quantitative estimate of drug-likeness (QED) is 0.929. The van der Waals surface area contributed by atoms with E-state index >= 15 is 0 Å². The Hall–Kier alpha value is -1.53. The molecule has 3 rings (SSSR count). The average molecular weight is 322 g/mol. The lowest BCUT2D eigenvalue weighted by molar-refractivity contribution is -0.120. The standard InChI is InChI=1S/C16H20N2O3.H2S/c1-2-5-11-6-3-4-7-12(11)17-16(20)18-9-8-14-15(18)13(19)10-21-14;/h3-4,6-7,14-15H,2,5,8-10H2,1H3,(H,17,20);1H2/t14-,15-;/m1./s1. The number of para-hydroxylation sites is 1. The van der Waals surface area contributed by atoms with Gasteiger partial charge in [-0.05, 0) is 24.5 Å². The lowest BCUT2D eigenvalue weighted by Gasteiger charge is -2.23. The lowest BCUT2D eigenvalue weighted by atomic mass is 10.1. The Kier molecular flexibility index (Phi) is 5.47. The number of urea groups is 1. The Morgan fingerprint density at radius 2 is 2.18 bits per heavy atom. The summed E-state index contributed by atoms with van der Waals surface area (Å²) in [7, 11) is 0. The van der Waals surface area contributed by atoms with Gasteiger partial charge in [0.2, 0.25) is 0 Å². The molecule has 2 saturated heterocycles. The van der Waals surface area contributed by atoms with Crippen LogP contribution in [-0.4, -0.2) is 42.0 Å². The zero-order valence-corrected chi connectivity index (χ0v) is 13.7. The molecular weight excluding hydrogens is 300 g/mol. The van der Waals surface area contributed by atoms with Crippen molar-refractivity contribution in [1.82, 2.24) is 4.90 Å². The summed E-state index contributed by atoms with van der Waals surface area (Å²) < 4.78 is 5.41. The van der Waals surface area contributed by atoms with Crippen LogP contribution < -0.4 is 5.32 Å². The number of ketones is 1. The van der Waals surface area contributed by atoms with Crippen molar-refractivity contribution in [2.24, 2.45) is 0 Å². The number of nitrogens with one attached hydrogen (secondary N) is 1. The molecule has 1 aromatic rings. The molecule has 0 radical (unpaired) electrons. The van der Waals surface area contributed by atoms with Crippen molar-refractivity contribution < 1.29 is 14.3 Å². The Bertz CT molecular complexity index is 564. The summed E-state index contributed by atoms with van der Waals surface area (Å²) in [5.41, 5.74) is 1.96. The summed E-state index contributed by atoms with van der Waals surface area (Å²) in [4.78, 5) is 25.9. The predicted molar refractivity (Wildman–Crippen MR) is 89.7 cm³/mol. The van der Waals surface area contributed by atoms with E-state index in [1.54, 1.807) is 4.90 Å². The number of ether oxygens (including phenoxy) is 1. The molecule has 2 aliphatic rings. The molecule has 0 saturated carbocycles. The van der Waals surface area contributed by atoms with Crippen LogP contribution in [0.1, 0.15) is 25.3 Å². The van der Waals surface area contributed by atoms with Gasteiger partial charge < -0.3 is 15.0 Å². The molecule has 0 unspecified atom stereocenters. The van der Waals surface area contributed by atoms with E-state index in [2.05, 4.69) is 12.2 Å². The Morgan fingerprint density at radius 1 is 1.41 bits per heavy atom. The van der Waals surface area contributed by atoms with E-state index in [4.69, 9.17) is 4.74 Å². The second kappa shape index (κ2) is 7.15. The van der Waals surface area contributed by atoms with E-state index in [0.717, 1.165) is 30.5 Å². The van der Waals surface area contributed by atoms with E-state index in [1.165, 1.54) is 0 Å². The van der Waals surface area contributed by atoms with Gasteiger partial charge in [0.15, 0.2) is 5.78 Å². The third-order valence-electron chi connectivity index (χ3n) is 4.15. The van der Waals surface area contributed by atoms with E-state index < -0.39 is 6.04 Å². The van der Waals surface area contributed by atoms with Crippen molar-refractivity contribution in [2.75, 3.05) is 18.5 Å². The largest absolute Gasteiger partial charge is 0.368 e. The predicted octanol–water partition coefficient (Wildman–Crippen LogP) is 2.33. The number of hydrogen-bond donors (Lipinski definition) is 1. The summed E-state index contributed by atoms with van der Waals surface area (Å²) in [5.74, 6) is 0.00879. The molecule has 1 N–H and O–H groups in total. The SMILES string of the molecule is CCCc1ccccc1NC(=O)N1CC[C@H]2OCC(=O)[C@H]21.S. The summed E-state index contributed by atoms with van der Waals surface area (Å²) in [6.07, 6.45) is 2.56. The summed E-state index contributed by atoms with van der Waals surface area (Å²) in [6.45, 7) is 2.81. The van der Waals surface area contributed by atoms with Gasteiger partial charge in [-0.3, -0.25) is 4.79 Å². The number of aryl methyl sites for hydroxylation is 1. The second-order valence-electron chi connectivity index (χ2n) is 5.58. The number of likely N-dealkylation sites (tertiary alicyclic amines) is 1. The number of carbonyl (C=O) groups excluding carboxylic acids is 2.